The Morgan fingerprint density at radius 3 is 2.25 bits per heavy atom. The van der Waals surface area contributed by atoms with E-state index in [2.05, 4.69) is 22.3 Å². The monoisotopic (exact) mass is 462 g/mol. The van der Waals surface area contributed by atoms with Gasteiger partial charge in [-0.1, -0.05) is 30.3 Å². The van der Waals surface area contributed by atoms with Crippen LogP contribution in [-0.4, -0.2) is 70.0 Å². The van der Waals surface area contributed by atoms with Crippen molar-refractivity contribution in [3.05, 3.63) is 59.7 Å². The van der Waals surface area contributed by atoms with Crippen molar-refractivity contribution in [3.8, 4) is 11.5 Å². The van der Waals surface area contributed by atoms with Gasteiger partial charge in [-0.05, 0) is 17.7 Å². The normalized spacial score (nSPS) is 14.8. The van der Waals surface area contributed by atoms with Crippen molar-refractivity contribution in [2.75, 3.05) is 26.2 Å². The zero-order valence-corrected chi connectivity index (χ0v) is 18.3. The third-order valence-electron chi connectivity index (χ3n) is 5.17. The van der Waals surface area contributed by atoms with Gasteiger partial charge in [0.2, 0.25) is 11.8 Å². The highest BCUT2D eigenvalue weighted by molar-refractivity contribution is 6.00. The number of phenolic OH excluding ortho intramolecular Hbond substituents is 2. The number of benzene rings is 2. The van der Waals surface area contributed by atoms with Crippen LogP contribution >= 0.6 is 12.4 Å². The van der Waals surface area contributed by atoms with E-state index < -0.39 is 29.5 Å². The van der Waals surface area contributed by atoms with E-state index in [1.807, 2.05) is 18.2 Å². The summed E-state index contributed by atoms with van der Waals surface area (Å²) in [4.78, 5) is 40.8. The summed E-state index contributed by atoms with van der Waals surface area (Å²) in [5.41, 5.74) is 6.35. The highest BCUT2D eigenvalue weighted by Gasteiger charge is 2.30. The molecule has 0 spiro atoms. The fourth-order valence-corrected chi connectivity index (χ4v) is 3.54. The Bertz CT molecular complexity index is 949. The molecule has 0 unspecified atom stereocenters. The van der Waals surface area contributed by atoms with Crippen molar-refractivity contribution in [1.29, 1.82) is 0 Å². The van der Waals surface area contributed by atoms with Crippen LogP contribution in [0.4, 0.5) is 0 Å². The molecule has 0 aromatic heterocycles. The molecule has 3 rings (SSSR count). The number of halogens is 1. The Hall–Kier alpha value is -3.30. The van der Waals surface area contributed by atoms with Crippen LogP contribution in [0.3, 0.4) is 0 Å². The second kappa shape index (κ2) is 11.4. The molecular formula is C22H27ClN4O5. The summed E-state index contributed by atoms with van der Waals surface area (Å²) in [6, 6.07) is 12.4. The molecule has 0 aliphatic carbocycles. The molecule has 2 aromatic carbocycles. The fraction of sp³-hybridized carbons (Fsp3) is 0.318. The maximum absolute atomic E-state index is 13.0. The number of carbonyl (C=O) groups excluding carboxylic acids is 3. The third-order valence-corrected chi connectivity index (χ3v) is 5.17. The van der Waals surface area contributed by atoms with Crippen LogP contribution in [0.1, 0.15) is 22.3 Å². The summed E-state index contributed by atoms with van der Waals surface area (Å²) < 4.78 is 0. The minimum atomic E-state index is -1.14. The molecule has 1 saturated heterocycles. The zero-order valence-electron chi connectivity index (χ0n) is 17.4. The lowest BCUT2D eigenvalue weighted by Crippen LogP contribution is -2.55. The second-order valence-corrected chi connectivity index (χ2v) is 7.48. The molecule has 0 bridgehead atoms. The van der Waals surface area contributed by atoms with E-state index in [0.29, 0.717) is 26.2 Å². The van der Waals surface area contributed by atoms with Gasteiger partial charge in [-0.2, -0.15) is 0 Å². The van der Waals surface area contributed by atoms with E-state index in [1.165, 1.54) is 17.7 Å². The first-order valence-electron chi connectivity index (χ1n) is 9.99. The lowest BCUT2D eigenvalue weighted by Gasteiger charge is -2.36. The number of primary amides is 1. The lowest BCUT2D eigenvalue weighted by molar-refractivity contribution is -0.137. The number of aromatic hydroxyl groups is 2. The highest BCUT2D eigenvalue weighted by atomic mass is 35.5. The molecule has 1 aliphatic heterocycles. The number of rotatable bonds is 7. The average molecular weight is 463 g/mol. The van der Waals surface area contributed by atoms with Crippen LogP contribution < -0.4 is 11.1 Å². The van der Waals surface area contributed by atoms with Crippen LogP contribution in [0, 0.1) is 0 Å². The molecule has 172 valence electrons. The van der Waals surface area contributed by atoms with Gasteiger partial charge in [0.15, 0.2) is 0 Å². The fourth-order valence-electron chi connectivity index (χ4n) is 3.54. The first kappa shape index (κ1) is 25.0. The molecule has 9 nitrogen and oxygen atoms in total. The molecule has 1 aliphatic rings. The SMILES string of the molecule is Cl.NC(=O)C[C@H](NC(=O)c1ccc(O)cc1O)C(=O)N1CCN(Cc2ccccc2)CC1. The maximum atomic E-state index is 13.0. The molecule has 32 heavy (non-hydrogen) atoms. The minimum Gasteiger partial charge on any atom is -0.508 e. The molecule has 10 heteroatoms. The summed E-state index contributed by atoms with van der Waals surface area (Å²) >= 11 is 0. The summed E-state index contributed by atoms with van der Waals surface area (Å²) in [6.45, 7) is 3.03. The molecule has 3 amide bonds. The number of nitrogens with zero attached hydrogens (tertiary/aromatic N) is 2. The first-order valence-corrected chi connectivity index (χ1v) is 9.99. The van der Waals surface area contributed by atoms with E-state index in [-0.39, 0.29) is 30.1 Å². The second-order valence-electron chi connectivity index (χ2n) is 7.48. The largest absolute Gasteiger partial charge is 0.508 e. The summed E-state index contributed by atoms with van der Waals surface area (Å²) in [5.74, 6) is -2.50. The molecule has 1 atom stereocenters. The van der Waals surface area contributed by atoms with Crippen LogP contribution in [0.5, 0.6) is 11.5 Å². The first-order chi connectivity index (χ1) is 14.8. The molecule has 1 heterocycles. The standard InChI is InChI=1S/C22H26N4O5.ClH/c23-20(29)13-18(24-21(30)17-7-6-16(27)12-19(17)28)22(31)26-10-8-25(9-11-26)14-15-4-2-1-3-5-15;/h1-7,12,18,27-28H,8-11,13-14H2,(H2,23,29)(H,24,30);1H/t18-;/m0./s1. The maximum Gasteiger partial charge on any atom is 0.255 e. The molecular weight excluding hydrogens is 436 g/mol. The van der Waals surface area contributed by atoms with Crippen LogP contribution in [0.2, 0.25) is 0 Å². The van der Waals surface area contributed by atoms with Gasteiger partial charge in [-0.3, -0.25) is 19.3 Å². The smallest absolute Gasteiger partial charge is 0.255 e. The predicted octanol–water partition coefficient (Wildman–Crippen LogP) is 0.838. The van der Waals surface area contributed by atoms with E-state index in [0.717, 1.165) is 12.6 Å². The van der Waals surface area contributed by atoms with Gasteiger partial charge in [-0.25, -0.2) is 0 Å². The molecule has 1 fully saturated rings. The van der Waals surface area contributed by atoms with Crippen molar-refractivity contribution >= 4 is 30.1 Å². The quantitative estimate of drug-likeness (QED) is 0.481. The summed E-state index contributed by atoms with van der Waals surface area (Å²) in [5, 5.41) is 21.7. The summed E-state index contributed by atoms with van der Waals surface area (Å²) in [6.07, 6.45) is -0.354. The number of piperazine rings is 1. The highest BCUT2D eigenvalue weighted by Crippen LogP contribution is 2.22. The van der Waals surface area contributed by atoms with Crippen LogP contribution in [-0.2, 0) is 16.1 Å². The number of hydrogen-bond acceptors (Lipinski definition) is 6. The van der Waals surface area contributed by atoms with E-state index >= 15 is 0 Å². The summed E-state index contributed by atoms with van der Waals surface area (Å²) in [7, 11) is 0. The van der Waals surface area contributed by atoms with Gasteiger partial charge < -0.3 is 26.2 Å². The number of phenols is 2. The number of hydrogen-bond donors (Lipinski definition) is 4. The molecule has 0 saturated carbocycles. The van der Waals surface area contributed by atoms with Crippen molar-refractivity contribution in [3.63, 3.8) is 0 Å². The van der Waals surface area contributed by atoms with E-state index in [9.17, 15) is 24.6 Å². The van der Waals surface area contributed by atoms with Crippen molar-refractivity contribution < 1.29 is 24.6 Å². The number of nitrogens with two attached hydrogens (primary N) is 1. The lowest BCUT2D eigenvalue weighted by atomic mass is 10.1. The molecule has 2 aromatic rings. The van der Waals surface area contributed by atoms with Gasteiger partial charge in [0.25, 0.3) is 5.91 Å². The average Bonchev–Trinajstić information content (AvgIpc) is 2.73. The topological polar surface area (TPSA) is 136 Å². The van der Waals surface area contributed by atoms with Gasteiger partial charge >= 0.3 is 0 Å². The van der Waals surface area contributed by atoms with Crippen molar-refractivity contribution in [2.45, 2.75) is 19.0 Å². The van der Waals surface area contributed by atoms with Crippen molar-refractivity contribution in [2.24, 2.45) is 5.73 Å². The predicted molar refractivity (Wildman–Crippen MR) is 120 cm³/mol. The van der Waals surface area contributed by atoms with Crippen molar-refractivity contribution in [1.82, 2.24) is 15.1 Å². The van der Waals surface area contributed by atoms with Gasteiger partial charge in [0.05, 0.1) is 12.0 Å². The van der Waals surface area contributed by atoms with Crippen LogP contribution in [0.25, 0.3) is 0 Å². The Kier molecular flexibility index (Phi) is 8.86. The third kappa shape index (κ3) is 6.60. The van der Waals surface area contributed by atoms with E-state index in [1.54, 1.807) is 4.90 Å². The van der Waals surface area contributed by atoms with Gasteiger partial charge in [0.1, 0.15) is 17.5 Å². The number of carbonyl (C=O) groups is 3. The number of nitrogens with one attached hydrogen (secondary N) is 1. The van der Waals surface area contributed by atoms with E-state index in [4.69, 9.17) is 5.73 Å². The Labute approximate surface area is 192 Å². The molecule has 0 radical (unpaired) electrons. The Morgan fingerprint density at radius 1 is 1.00 bits per heavy atom. The zero-order chi connectivity index (χ0) is 22.4. The minimum absolute atomic E-state index is 0. The number of amides is 3. The molecule has 5 N–H and O–H groups in total. The van der Waals surface area contributed by atoms with Gasteiger partial charge in [-0.15, -0.1) is 12.4 Å². The Morgan fingerprint density at radius 2 is 1.66 bits per heavy atom. The van der Waals surface area contributed by atoms with Crippen LogP contribution in [0.15, 0.2) is 48.5 Å². The Balaban J connectivity index is 0.00000363. The van der Waals surface area contributed by atoms with Gasteiger partial charge in [0, 0.05) is 38.8 Å².